The van der Waals surface area contributed by atoms with Crippen LogP contribution in [0.2, 0.25) is 0 Å². The second-order valence-electron chi connectivity index (χ2n) is 3.63. The second-order valence-corrected chi connectivity index (χ2v) is 3.63. The fraction of sp³-hybridized carbons (Fsp3) is 0.818. The molecule has 1 nitrogen and oxygen atoms in total. The van der Waals surface area contributed by atoms with Crippen LogP contribution in [0.15, 0.2) is 12.2 Å². The van der Waals surface area contributed by atoms with Crippen molar-refractivity contribution in [3.8, 4) is 0 Å². The van der Waals surface area contributed by atoms with Gasteiger partial charge in [-0.2, -0.15) is 0 Å². The molecule has 0 aromatic carbocycles. The number of hydrogen-bond acceptors (Lipinski definition) is 1. The highest BCUT2D eigenvalue weighted by Gasteiger charge is 2.00. The topological polar surface area (TPSA) is 20.2 Å². The minimum Gasteiger partial charge on any atom is -0.393 e. The van der Waals surface area contributed by atoms with Crippen LogP contribution < -0.4 is 0 Å². The molecule has 0 aromatic rings. The normalized spacial score (nSPS) is 16.7. The van der Waals surface area contributed by atoms with Crippen LogP contribution in [0.4, 0.5) is 0 Å². The lowest BCUT2D eigenvalue weighted by Crippen LogP contribution is -2.04. The SMILES string of the molecule is CCCC/C=C/C(C)CC(C)O. The van der Waals surface area contributed by atoms with Gasteiger partial charge < -0.3 is 5.11 Å². The Labute approximate surface area is 76.5 Å². The molecule has 0 saturated heterocycles. The second kappa shape index (κ2) is 7.35. The Balaban J connectivity index is 3.40. The van der Waals surface area contributed by atoms with Gasteiger partial charge in [0.1, 0.15) is 0 Å². The molecule has 0 spiro atoms. The van der Waals surface area contributed by atoms with E-state index in [4.69, 9.17) is 5.11 Å². The first-order valence-electron chi connectivity index (χ1n) is 5.01. The van der Waals surface area contributed by atoms with Gasteiger partial charge >= 0.3 is 0 Å². The quantitative estimate of drug-likeness (QED) is 0.479. The van der Waals surface area contributed by atoms with Crippen molar-refractivity contribution in [2.24, 2.45) is 5.92 Å². The average molecular weight is 170 g/mol. The van der Waals surface area contributed by atoms with Crippen molar-refractivity contribution < 1.29 is 5.11 Å². The number of aliphatic hydroxyl groups is 1. The molecule has 0 fully saturated rings. The Kier molecular flexibility index (Phi) is 7.17. The molecule has 72 valence electrons. The van der Waals surface area contributed by atoms with Gasteiger partial charge in [0.25, 0.3) is 0 Å². The lowest BCUT2D eigenvalue weighted by Gasteiger charge is -2.07. The van der Waals surface area contributed by atoms with Gasteiger partial charge in [0.2, 0.25) is 0 Å². The molecule has 0 amide bonds. The van der Waals surface area contributed by atoms with E-state index in [2.05, 4.69) is 26.0 Å². The standard InChI is InChI=1S/C11H22O/c1-4-5-6-7-8-10(2)9-11(3)12/h7-8,10-12H,4-6,9H2,1-3H3/b8-7+. The first-order valence-corrected chi connectivity index (χ1v) is 5.01. The summed E-state index contributed by atoms with van der Waals surface area (Å²) in [5, 5.41) is 9.09. The van der Waals surface area contributed by atoms with Gasteiger partial charge in [0.15, 0.2) is 0 Å². The van der Waals surface area contributed by atoms with Crippen molar-refractivity contribution in [3.05, 3.63) is 12.2 Å². The van der Waals surface area contributed by atoms with E-state index in [1.165, 1.54) is 19.3 Å². The van der Waals surface area contributed by atoms with Crippen molar-refractivity contribution in [1.29, 1.82) is 0 Å². The van der Waals surface area contributed by atoms with Crippen molar-refractivity contribution in [3.63, 3.8) is 0 Å². The van der Waals surface area contributed by atoms with E-state index in [9.17, 15) is 0 Å². The summed E-state index contributed by atoms with van der Waals surface area (Å²) < 4.78 is 0. The van der Waals surface area contributed by atoms with E-state index in [1.807, 2.05) is 6.92 Å². The van der Waals surface area contributed by atoms with Gasteiger partial charge in [-0.05, 0) is 25.7 Å². The van der Waals surface area contributed by atoms with E-state index in [0.717, 1.165) is 6.42 Å². The summed E-state index contributed by atoms with van der Waals surface area (Å²) in [6.07, 6.45) is 8.87. The van der Waals surface area contributed by atoms with Gasteiger partial charge in [-0.3, -0.25) is 0 Å². The molecule has 0 aliphatic heterocycles. The molecule has 2 atom stereocenters. The summed E-state index contributed by atoms with van der Waals surface area (Å²) in [6.45, 7) is 6.19. The van der Waals surface area contributed by atoms with Crippen molar-refractivity contribution in [2.75, 3.05) is 0 Å². The van der Waals surface area contributed by atoms with Gasteiger partial charge in [0, 0.05) is 0 Å². The molecule has 1 heteroatoms. The molecule has 0 saturated carbocycles. The first kappa shape index (κ1) is 11.7. The monoisotopic (exact) mass is 170 g/mol. The van der Waals surface area contributed by atoms with Crippen molar-refractivity contribution >= 4 is 0 Å². The molecule has 0 aliphatic rings. The summed E-state index contributed by atoms with van der Waals surface area (Å²) in [5.41, 5.74) is 0. The molecule has 0 bridgehead atoms. The van der Waals surface area contributed by atoms with E-state index in [0.29, 0.717) is 5.92 Å². The van der Waals surface area contributed by atoms with Crippen LogP contribution in [0.3, 0.4) is 0 Å². The van der Waals surface area contributed by atoms with E-state index < -0.39 is 0 Å². The molecule has 1 N–H and O–H groups in total. The number of rotatable bonds is 6. The maximum Gasteiger partial charge on any atom is 0.0517 e. The molecule has 2 unspecified atom stereocenters. The van der Waals surface area contributed by atoms with Crippen LogP contribution in [0.1, 0.15) is 46.5 Å². The van der Waals surface area contributed by atoms with Crippen molar-refractivity contribution in [1.82, 2.24) is 0 Å². The zero-order valence-electron chi connectivity index (χ0n) is 8.59. The van der Waals surface area contributed by atoms with Crippen LogP contribution in [-0.4, -0.2) is 11.2 Å². The lowest BCUT2D eigenvalue weighted by atomic mass is 10.0. The number of allylic oxidation sites excluding steroid dienone is 2. The van der Waals surface area contributed by atoms with Gasteiger partial charge in [0.05, 0.1) is 6.10 Å². The molecule has 0 radical (unpaired) electrons. The summed E-state index contributed by atoms with van der Waals surface area (Å²) in [5.74, 6) is 0.516. The van der Waals surface area contributed by atoms with Crippen LogP contribution >= 0.6 is 0 Å². The van der Waals surface area contributed by atoms with Crippen LogP contribution in [-0.2, 0) is 0 Å². The smallest absolute Gasteiger partial charge is 0.0517 e. The summed E-state index contributed by atoms with van der Waals surface area (Å²) >= 11 is 0. The summed E-state index contributed by atoms with van der Waals surface area (Å²) in [4.78, 5) is 0. The molecule has 12 heavy (non-hydrogen) atoms. The van der Waals surface area contributed by atoms with Gasteiger partial charge in [-0.1, -0.05) is 38.8 Å². The predicted octanol–water partition coefficient (Wildman–Crippen LogP) is 3.14. The highest BCUT2D eigenvalue weighted by Crippen LogP contribution is 2.08. The Hall–Kier alpha value is -0.300. The average Bonchev–Trinajstić information content (AvgIpc) is 1.97. The van der Waals surface area contributed by atoms with Crippen molar-refractivity contribution in [2.45, 2.75) is 52.6 Å². The van der Waals surface area contributed by atoms with Crippen LogP contribution in [0.5, 0.6) is 0 Å². The fourth-order valence-corrected chi connectivity index (χ4v) is 1.27. The summed E-state index contributed by atoms with van der Waals surface area (Å²) in [6, 6.07) is 0. The highest BCUT2D eigenvalue weighted by molar-refractivity contribution is 4.86. The maximum atomic E-state index is 9.09. The van der Waals surface area contributed by atoms with Gasteiger partial charge in [-0.15, -0.1) is 0 Å². The van der Waals surface area contributed by atoms with E-state index >= 15 is 0 Å². The Morgan fingerprint density at radius 2 is 2.00 bits per heavy atom. The molecular weight excluding hydrogens is 148 g/mol. The van der Waals surface area contributed by atoms with Crippen LogP contribution in [0, 0.1) is 5.92 Å². The number of aliphatic hydroxyl groups excluding tert-OH is 1. The highest BCUT2D eigenvalue weighted by atomic mass is 16.3. The molecule has 0 heterocycles. The predicted molar refractivity (Wildman–Crippen MR) is 54.1 cm³/mol. The molecular formula is C11H22O. The Morgan fingerprint density at radius 3 is 2.50 bits per heavy atom. The minimum atomic E-state index is -0.171. The molecule has 0 aliphatic carbocycles. The van der Waals surface area contributed by atoms with E-state index in [-0.39, 0.29) is 6.10 Å². The molecule has 0 aromatic heterocycles. The summed E-state index contributed by atoms with van der Waals surface area (Å²) in [7, 11) is 0. The van der Waals surface area contributed by atoms with Crippen LogP contribution in [0.25, 0.3) is 0 Å². The Bertz CT molecular complexity index is 116. The number of unbranched alkanes of at least 4 members (excludes halogenated alkanes) is 2. The first-order chi connectivity index (χ1) is 5.66. The zero-order chi connectivity index (χ0) is 9.40. The van der Waals surface area contributed by atoms with Gasteiger partial charge in [-0.25, -0.2) is 0 Å². The number of hydrogen-bond donors (Lipinski definition) is 1. The van der Waals surface area contributed by atoms with E-state index in [1.54, 1.807) is 0 Å². The minimum absolute atomic E-state index is 0.171. The third-order valence-corrected chi connectivity index (χ3v) is 1.90. The lowest BCUT2D eigenvalue weighted by molar-refractivity contribution is 0.172. The largest absolute Gasteiger partial charge is 0.393 e. The molecule has 0 rings (SSSR count). The third-order valence-electron chi connectivity index (χ3n) is 1.90. The third kappa shape index (κ3) is 7.80. The fourth-order valence-electron chi connectivity index (χ4n) is 1.27. The maximum absolute atomic E-state index is 9.09. The Morgan fingerprint density at radius 1 is 1.33 bits per heavy atom. The zero-order valence-corrected chi connectivity index (χ0v) is 8.59.